The zero-order valence-electron chi connectivity index (χ0n) is 10.2. The molecule has 0 heterocycles. The van der Waals surface area contributed by atoms with Crippen molar-refractivity contribution in [1.82, 2.24) is 0 Å². The second kappa shape index (κ2) is 5.30. The molecule has 0 aliphatic heterocycles. The van der Waals surface area contributed by atoms with Crippen LogP contribution < -0.4 is 17.2 Å². The number of hydrogen-bond acceptors (Lipinski definition) is 4. The van der Waals surface area contributed by atoms with Gasteiger partial charge in [-0.2, -0.15) is 0 Å². The predicted molar refractivity (Wildman–Crippen MR) is 74.2 cm³/mol. The molecule has 0 fully saturated rings. The SMILES string of the molecule is NC(=O)OC(c1ccc(N)cc1)c1ccc(N)cc1. The third-order valence-electron chi connectivity index (χ3n) is 2.71. The van der Waals surface area contributed by atoms with Crippen molar-refractivity contribution in [2.75, 3.05) is 11.5 Å². The van der Waals surface area contributed by atoms with Gasteiger partial charge in [0.25, 0.3) is 0 Å². The summed E-state index contributed by atoms with van der Waals surface area (Å²) in [7, 11) is 0. The molecule has 0 unspecified atom stereocenters. The molecule has 19 heavy (non-hydrogen) atoms. The molecule has 0 aliphatic carbocycles. The maximum absolute atomic E-state index is 11.0. The summed E-state index contributed by atoms with van der Waals surface area (Å²) in [5.74, 6) is 0. The Kier molecular flexibility index (Phi) is 3.56. The molecule has 98 valence electrons. The highest BCUT2D eigenvalue weighted by Crippen LogP contribution is 2.27. The first-order valence-electron chi connectivity index (χ1n) is 5.73. The molecule has 1 amide bonds. The molecular weight excluding hydrogens is 242 g/mol. The molecule has 5 heteroatoms. The number of ether oxygens (including phenoxy) is 1. The topological polar surface area (TPSA) is 104 Å². The van der Waals surface area contributed by atoms with Crippen LogP contribution in [0, 0.1) is 0 Å². The minimum atomic E-state index is -0.835. The third-order valence-corrected chi connectivity index (χ3v) is 2.71. The molecule has 0 bridgehead atoms. The minimum Gasteiger partial charge on any atom is -0.437 e. The van der Waals surface area contributed by atoms with Gasteiger partial charge < -0.3 is 21.9 Å². The van der Waals surface area contributed by atoms with Crippen LogP contribution in [0.1, 0.15) is 17.2 Å². The molecule has 0 atom stereocenters. The number of amides is 1. The van der Waals surface area contributed by atoms with Gasteiger partial charge in [0.2, 0.25) is 0 Å². The van der Waals surface area contributed by atoms with Crippen molar-refractivity contribution in [3.8, 4) is 0 Å². The van der Waals surface area contributed by atoms with Crippen molar-refractivity contribution >= 4 is 17.5 Å². The Morgan fingerprint density at radius 2 is 1.21 bits per heavy atom. The number of primary amides is 1. The van der Waals surface area contributed by atoms with E-state index < -0.39 is 12.2 Å². The van der Waals surface area contributed by atoms with Crippen LogP contribution in [0.5, 0.6) is 0 Å². The molecule has 0 spiro atoms. The summed E-state index contributed by atoms with van der Waals surface area (Å²) < 4.78 is 5.16. The Bertz CT molecular complexity index is 519. The van der Waals surface area contributed by atoms with E-state index in [2.05, 4.69) is 0 Å². The van der Waals surface area contributed by atoms with E-state index in [1.165, 1.54) is 0 Å². The van der Waals surface area contributed by atoms with Gasteiger partial charge in [-0.25, -0.2) is 4.79 Å². The average molecular weight is 257 g/mol. The van der Waals surface area contributed by atoms with Gasteiger partial charge in [-0.1, -0.05) is 24.3 Å². The maximum atomic E-state index is 11.0. The summed E-state index contributed by atoms with van der Waals surface area (Å²) in [6, 6.07) is 14.1. The largest absolute Gasteiger partial charge is 0.437 e. The molecule has 6 N–H and O–H groups in total. The van der Waals surface area contributed by atoms with Crippen molar-refractivity contribution < 1.29 is 9.53 Å². The average Bonchev–Trinajstić information content (AvgIpc) is 2.38. The Labute approximate surface area is 111 Å². The van der Waals surface area contributed by atoms with Crippen molar-refractivity contribution in [2.24, 2.45) is 5.73 Å². The Morgan fingerprint density at radius 1 is 0.842 bits per heavy atom. The van der Waals surface area contributed by atoms with Crippen molar-refractivity contribution in [2.45, 2.75) is 6.10 Å². The Morgan fingerprint density at radius 3 is 1.53 bits per heavy atom. The molecule has 0 aliphatic rings. The zero-order chi connectivity index (χ0) is 13.8. The summed E-state index contributed by atoms with van der Waals surface area (Å²) >= 11 is 0. The number of anilines is 2. The molecule has 0 saturated carbocycles. The number of benzene rings is 2. The van der Waals surface area contributed by atoms with E-state index in [4.69, 9.17) is 21.9 Å². The zero-order valence-corrected chi connectivity index (χ0v) is 10.2. The first kappa shape index (κ1) is 12.8. The van der Waals surface area contributed by atoms with Crippen LogP contribution >= 0.6 is 0 Å². The molecular formula is C14H15N3O2. The maximum Gasteiger partial charge on any atom is 0.405 e. The number of rotatable bonds is 3. The molecule has 2 rings (SSSR count). The minimum absolute atomic E-state index is 0.571. The van der Waals surface area contributed by atoms with Gasteiger partial charge >= 0.3 is 6.09 Å². The lowest BCUT2D eigenvalue weighted by Crippen LogP contribution is -2.18. The second-order valence-electron chi connectivity index (χ2n) is 4.15. The first-order chi connectivity index (χ1) is 9.06. The number of nitrogens with two attached hydrogens (primary N) is 3. The van der Waals surface area contributed by atoms with E-state index in [-0.39, 0.29) is 0 Å². The summed E-state index contributed by atoms with van der Waals surface area (Å²) in [6.07, 6.45) is -1.41. The van der Waals surface area contributed by atoms with Gasteiger partial charge in [-0.05, 0) is 35.4 Å². The van der Waals surface area contributed by atoms with Crippen LogP contribution in [0.4, 0.5) is 16.2 Å². The van der Waals surface area contributed by atoms with Crippen molar-refractivity contribution in [3.63, 3.8) is 0 Å². The monoisotopic (exact) mass is 257 g/mol. The van der Waals surface area contributed by atoms with Gasteiger partial charge in [0.05, 0.1) is 0 Å². The highest BCUT2D eigenvalue weighted by molar-refractivity contribution is 5.65. The third kappa shape index (κ3) is 3.16. The fourth-order valence-electron chi connectivity index (χ4n) is 1.79. The van der Waals surface area contributed by atoms with Gasteiger partial charge in [0.1, 0.15) is 0 Å². The fraction of sp³-hybridized carbons (Fsp3) is 0.0714. The summed E-state index contributed by atoms with van der Waals surface area (Å²) in [4.78, 5) is 11.0. The summed E-state index contributed by atoms with van der Waals surface area (Å²) in [5, 5.41) is 0. The Balaban J connectivity index is 2.37. The number of nitrogen functional groups attached to an aromatic ring is 2. The van der Waals surface area contributed by atoms with Crippen LogP contribution in [0.15, 0.2) is 48.5 Å². The van der Waals surface area contributed by atoms with Crippen LogP contribution in [-0.2, 0) is 4.74 Å². The van der Waals surface area contributed by atoms with Gasteiger partial charge in [0.15, 0.2) is 6.10 Å². The second-order valence-corrected chi connectivity index (χ2v) is 4.15. The fourth-order valence-corrected chi connectivity index (χ4v) is 1.79. The number of hydrogen-bond donors (Lipinski definition) is 3. The standard InChI is InChI=1S/C14H15N3O2/c15-11-5-1-9(2-6-11)13(19-14(17)18)10-3-7-12(16)8-4-10/h1-8,13H,15-16H2,(H2,17,18). The highest BCUT2D eigenvalue weighted by atomic mass is 16.6. The molecule has 0 saturated heterocycles. The van der Waals surface area contributed by atoms with E-state index in [1.807, 2.05) is 0 Å². The van der Waals surface area contributed by atoms with E-state index in [0.29, 0.717) is 11.4 Å². The van der Waals surface area contributed by atoms with Gasteiger partial charge in [0, 0.05) is 11.4 Å². The first-order valence-corrected chi connectivity index (χ1v) is 5.73. The summed E-state index contributed by atoms with van der Waals surface area (Å²) in [5.41, 5.74) is 19.2. The van der Waals surface area contributed by atoms with Crippen LogP contribution in [-0.4, -0.2) is 6.09 Å². The van der Waals surface area contributed by atoms with Gasteiger partial charge in [-0.15, -0.1) is 0 Å². The lowest BCUT2D eigenvalue weighted by Gasteiger charge is -2.17. The van der Waals surface area contributed by atoms with E-state index in [1.54, 1.807) is 48.5 Å². The Hall–Kier alpha value is -2.69. The van der Waals surface area contributed by atoms with Gasteiger partial charge in [-0.3, -0.25) is 0 Å². The number of carbonyl (C=O) groups is 1. The molecule has 5 nitrogen and oxygen atoms in total. The van der Waals surface area contributed by atoms with Crippen molar-refractivity contribution in [3.05, 3.63) is 59.7 Å². The lowest BCUT2D eigenvalue weighted by atomic mass is 10.0. The smallest absolute Gasteiger partial charge is 0.405 e. The van der Waals surface area contributed by atoms with E-state index >= 15 is 0 Å². The summed E-state index contributed by atoms with van der Waals surface area (Å²) in [6.45, 7) is 0. The van der Waals surface area contributed by atoms with Crippen LogP contribution in [0.25, 0.3) is 0 Å². The molecule has 0 aromatic heterocycles. The predicted octanol–water partition coefficient (Wildman–Crippen LogP) is 2.04. The van der Waals surface area contributed by atoms with Crippen LogP contribution in [0.3, 0.4) is 0 Å². The molecule has 2 aromatic rings. The molecule has 2 aromatic carbocycles. The molecule has 0 radical (unpaired) electrons. The van der Waals surface area contributed by atoms with Crippen LogP contribution in [0.2, 0.25) is 0 Å². The number of carbonyl (C=O) groups excluding carboxylic acids is 1. The van der Waals surface area contributed by atoms with E-state index in [0.717, 1.165) is 11.1 Å². The normalized spacial score (nSPS) is 10.4. The highest BCUT2D eigenvalue weighted by Gasteiger charge is 2.17. The van der Waals surface area contributed by atoms with E-state index in [9.17, 15) is 4.79 Å². The quantitative estimate of drug-likeness (QED) is 0.732. The van der Waals surface area contributed by atoms with Crippen molar-refractivity contribution in [1.29, 1.82) is 0 Å². The lowest BCUT2D eigenvalue weighted by molar-refractivity contribution is 0.126.